The first kappa shape index (κ1) is 15.3. The molecule has 2 rings (SSSR count). The van der Waals surface area contributed by atoms with Crippen molar-refractivity contribution in [1.29, 1.82) is 0 Å². The molecule has 2 aliphatic carbocycles. The summed E-state index contributed by atoms with van der Waals surface area (Å²) in [5.41, 5.74) is -1.01. The van der Waals surface area contributed by atoms with Crippen molar-refractivity contribution in [1.82, 2.24) is 0 Å². The molecule has 0 aliphatic heterocycles. The summed E-state index contributed by atoms with van der Waals surface area (Å²) in [6, 6.07) is 0. The van der Waals surface area contributed by atoms with E-state index in [1.165, 1.54) is 0 Å². The summed E-state index contributed by atoms with van der Waals surface area (Å²) in [4.78, 5) is 25.0. The molecule has 0 aromatic carbocycles. The first-order valence-corrected chi connectivity index (χ1v) is 7.90. The van der Waals surface area contributed by atoms with Crippen LogP contribution in [0.4, 0.5) is 0 Å². The number of ether oxygens (including phenoxy) is 2. The lowest BCUT2D eigenvalue weighted by molar-refractivity contribution is -0.177. The molecule has 4 heteroatoms. The maximum atomic E-state index is 12.5. The fourth-order valence-electron chi connectivity index (χ4n) is 3.83. The van der Waals surface area contributed by atoms with Crippen molar-refractivity contribution >= 4 is 11.9 Å². The van der Waals surface area contributed by atoms with Gasteiger partial charge in [-0.2, -0.15) is 0 Å². The second-order valence-corrected chi connectivity index (χ2v) is 6.35. The average Bonchev–Trinajstić information content (AvgIpc) is 2.99. The zero-order valence-corrected chi connectivity index (χ0v) is 12.8. The fraction of sp³-hybridized carbons (Fsp3) is 0.875. The van der Waals surface area contributed by atoms with Crippen molar-refractivity contribution in [3.05, 3.63) is 0 Å². The van der Waals surface area contributed by atoms with Gasteiger partial charge in [-0.15, -0.1) is 0 Å². The first-order valence-electron chi connectivity index (χ1n) is 7.90. The van der Waals surface area contributed by atoms with E-state index in [0.29, 0.717) is 31.5 Å². The smallest absolute Gasteiger partial charge is 0.323 e. The quantitative estimate of drug-likeness (QED) is 0.555. The lowest BCUT2D eigenvalue weighted by atomic mass is 9.70. The normalized spacial score (nSPS) is 30.2. The Labute approximate surface area is 121 Å². The zero-order chi connectivity index (χ0) is 14.8. The molecule has 0 spiro atoms. The summed E-state index contributed by atoms with van der Waals surface area (Å²) in [6.07, 6.45) is 4.06. The van der Waals surface area contributed by atoms with Crippen molar-refractivity contribution in [3.63, 3.8) is 0 Å². The van der Waals surface area contributed by atoms with Gasteiger partial charge in [0.2, 0.25) is 0 Å². The molecule has 4 nitrogen and oxygen atoms in total. The second-order valence-electron chi connectivity index (χ2n) is 6.35. The predicted molar refractivity (Wildman–Crippen MR) is 74.9 cm³/mol. The van der Waals surface area contributed by atoms with Gasteiger partial charge in [0.1, 0.15) is 0 Å². The van der Waals surface area contributed by atoms with Crippen molar-refractivity contribution in [2.75, 3.05) is 13.2 Å². The summed E-state index contributed by atoms with van der Waals surface area (Å²) in [5, 5.41) is 0. The van der Waals surface area contributed by atoms with E-state index in [0.717, 1.165) is 25.7 Å². The maximum Gasteiger partial charge on any atom is 0.323 e. The Balaban J connectivity index is 2.17. The molecular formula is C16H26O4. The molecule has 0 heterocycles. The molecule has 3 atom stereocenters. The van der Waals surface area contributed by atoms with Gasteiger partial charge in [0.25, 0.3) is 0 Å². The zero-order valence-electron chi connectivity index (χ0n) is 12.8. The molecule has 0 N–H and O–H groups in total. The first-order chi connectivity index (χ1) is 9.56. The largest absolute Gasteiger partial charge is 0.465 e. The number of carbonyl (C=O) groups is 2. The molecule has 0 aromatic heterocycles. The van der Waals surface area contributed by atoms with E-state index in [-0.39, 0.29) is 17.9 Å². The number of fused-ring (bicyclic) bond motifs is 2. The number of hydrogen-bond donors (Lipinski definition) is 0. The second kappa shape index (κ2) is 6.15. The minimum absolute atomic E-state index is 0.108. The van der Waals surface area contributed by atoms with Gasteiger partial charge in [0, 0.05) is 0 Å². The van der Waals surface area contributed by atoms with Gasteiger partial charge in [-0.1, -0.05) is 20.8 Å². The highest BCUT2D eigenvalue weighted by atomic mass is 16.6. The van der Waals surface area contributed by atoms with Crippen LogP contribution >= 0.6 is 0 Å². The third-order valence-electron chi connectivity index (χ3n) is 4.93. The molecule has 2 aliphatic rings. The summed E-state index contributed by atoms with van der Waals surface area (Å²) in [5.74, 6) is 0.477. The van der Waals surface area contributed by atoms with E-state index in [9.17, 15) is 9.59 Å². The minimum Gasteiger partial charge on any atom is -0.465 e. The van der Waals surface area contributed by atoms with E-state index in [2.05, 4.69) is 6.92 Å². The van der Waals surface area contributed by atoms with E-state index in [4.69, 9.17) is 9.47 Å². The molecule has 0 saturated heterocycles. The van der Waals surface area contributed by atoms with Crippen LogP contribution in [0.25, 0.3) is 0 Å². The Hall–Kier alpha value is -1.06. The van der Waals surface area contributed by atoms with Gasteiger partial charge >= 0.3 is 11.9 Å². The molecule has 2 bridgehead atoms. The highest BCUT2D eigenvalue weighted by Crippen LogP contribution is 2.59. The molecule has 0 amide bonds. The van der Waals surface area contributed by atoms with Gasteiger partial charge in [-0.3, -0.25) is 9.59 Å². The topological polar surface area (TPSA) is 52.6 Å². The van der Waals surface area contributed by atoms with E-state index in [1.54, 1.807) is 0 Å². The summed E-state index contributed by atoms with van der Waals surface area (Å²) in [6.45, 7) is 6.89. The third-order valence-corrected chi connectivity index (χ3v) is 4.93. The summed E-state index contributed by atoms with van der Waals surface area (Å²) >= 11 is 0. The van der Waals surface area contributed by atoms with Gasteiger partial charge in [0.05, 0.1) is 13.2 Å². The molecule has 2 fully saturated rings. The highest BCUT2D eigenvalue weighted by molar-refractivity contribution is 6.01. The van der Waals surface area contributed by atoms with Crippen LogP contribution in [0.5, 0.6) is 0 Å². The van der Waals surface area contributed by atoms with E-state index < -0.39 is 5.41 Å². The van der Waals surface area contributed by atoms with Gasteiger partial charge in [0.15, 0.2) is 5.41 Å². The molecule has 20 heavy (non-hydrogen) atoms. The average molecular weight is 282 g/mol. The summed E-state index contributed by atoms with van der Waals surface area (Å²) in [7, 11) is 0. The van der Waals surface area contributed by atoms with Crippen molar-refractivity contribution in [2.45, 2.75) is 52.9 Å². The molecule has 3 unspecified atom stereocenters. The lowest BCUT2D eigenvalue weighted by Gasteiger charge is -2.34. The van der Waals surface area contributed by atoms with E-state index >= 15 is 0 Å². The Morgan fingerprint density at radius 1 is 1.05 bits per heavy atom. The monoisotopic (exact) mass is 282 g/mol. The van der Waals surface area contributed by atoms with Crippen LogP contribution in [0.3, 0.4) is 0 Å². The van der Waals surface area contributed by atoms with Crippen molar-refractivity contribution < 1.29 is 19.1 Å². The fourth-order valence-corrected chi connectivity index (χ4v) is 3.83. The van der Waals surface area contributed by atoms with Gasteiger partial charge in [-0.25, -0.2) is 0 Å². The van der Waals surface area contributed by atoms with Crippen LogP contribution in [0.15, 0.2) is 0 Å². The van der Waals surface area contributed by atoms with Crippen LogP contribution in [-0.4, -0.2) is 25.2 Å². The lowest BCUT2D eigenvalue weighted by Crippen LogP contribution is -2.47. The highest BCUT2D eigenvalue weighted by Gasteiger charge is 2.64. The van der Waals surface area contributed by atoms with E-state index in [1.807, 2.05) is 13.8 Å². The molecular weight excluding hydrogens is 256 g/mol. The third kappa shape index (κ3) is 2.45. The van der Waals surface area contributed by atoms with Crippen LogP contribution in [-0.2, 0) is 19.1 Å². The van der Waals surface area contributed by atoms with Crippen molar-refractivity contribution in [2.24, 2.45) is 23.2 Å². The van der Waals surface area contributed by atoms with Crippen LogP contribution in [0.1, 0.15) is 52.9 Å². The number of rotatable bonds is 6. The van der Waals surface area contributed by atoms with Crippen LogP contribution < -0.4 is 0 Å². The Morgan fingerprint density at radius 3 is 1.95 bits per heavy atom. The van der Waals surface area contributed by atoms with Gasteiger partial charge in [-0.05, 0) is 49.9 Å². The van der Waals surface area contributed by atoms with Crippen LogP contribution in [0.2, 0.25) is 0 Å². The SMILES string of the molecule is CCCOC(=O)C1(C(=O)OCCC)CC2CC1CC2C. The van der Waals surface area contributed by atoms with Gasteiger partial charge < -0.3 is 9.47 Å². The standard InChI is InChI=1S/C16H26O4/c1-4-6-19-14(17)16(15(18)20-7-5-2)10-12-9-13(16)8-11(12)3/h11-13H,4-10H2,1-3H3. The molecule has 0 aromatic rings. The maximum absolute atomic E-state index is 12.5. The Kier molecular flexibility index (Phi) is 4.71. The molecule has 0 radical (unpaired) electrons. The predicted octanol–water partition coefficient (Wildman–Crippen LogP) is 2.95. The van der Waals surface area contributed by atoms with Crippen LogP contribution in [0, 0.1) is 23.2 Å². The molecule has 2 saturated carbocycles. The minimum atomic E-state index is -1.01. The number of carbonyl (C=O) groups excluding carboxylic acids is 2. The number of esters is 2. The summed E-state index contributed by atoms with van der Waals surface area (Å²) < 4.78 is 10.7. The Morgan fingerprint density at radius 2 is 1.60 bits per heavy atom. The number of hydrogen-bond acceptors (Lipinski definition) is 4. The van der Waals surface area contributed by atoms with Crippen molar-refractivity contribution in [3.8, 4) is 0 Å². The Bertz CT molecular complexity index is 355. The molecule has 114 valence electrons.